The van der Waals surface area contributed by atoms with Gasteiger partial charge in [-0.15, -0.1) is 0 Å². The van der Waals surface area contributed by atoms with Crippen molar-refractivity contribution in [1.82, 2.24) is 9.88 Å². The largest absolute Gasteiger partial charge is 0.444 e. The first kappa shape index (κ1) is 22.8. The third-order valence-electron chi connectivity index (χ3n) is 5.72. The Morgan fingerprint density at radius 1 is 1.17 bits per heavy atom. The lowest BCUT2D eigenvalue weighted by Gasteiger charge is -2.56. The second-order valence-electron chi connectivity index (χ2n) is 9.78. The summed E-state index contributed by atoms with van der Waals surface area (Å²) in [6, 6.07) is 9.98. The van der Waals surface area contributed by atoms with Crippen LogP contribution in [0.15, 0.2) is 47.2 Å². The highest BCUT2D eigenvalue weighted by atomic mass is 79.9. The Morgan fingerprint density at radius 3 is 2.27 bits per heavy atom. The van der Waals surface area contributed by atoms with E-state index in [9.17, 15) is 9.90 Å². The van der Waals surface area contributed by atoms with Crippen molar-refractivity contribution in [2.24, 2.45) is 5.41 Å². The van der Waals surface area contributed by atoms with E-state index in [1.165, 1.54) is 5.56 Å². The van der Waals surface area contributed by atoms with Gasteiger partial charge in [0.2, 0.25) is 0 Å². The summed E-state index contributed by atoms with van der Waals surface area (Å²) in [4.78, 5) is 18.4. The summed E-state index contributed by atoms with van der Waals surface area (Å²) in [5.41, 5.74) is 0.241. The number of halogens is 1. The SMILES string of the molecule is CC(C)c1ccc(C(O)(c2cncc(Br)c2)C2(C)CN(C(=O)OC(C)(C)C)C2)cc1. The Labute approximate surface area is 187 Å². The van der Waals surface area contributed by atoms with Crippen molar-refractivity contribution < 1.29 is 14.6 Å². The number of pyridine rings is 1. The van der Waals surface area contributed by atoms with Crippen LogP contribution < -0.4 is 0 Å². The van der Waals surface area contributed by atoms with Gasteiger partial charge in [-0.1, -0.05) is 45.0 Å². The van der Waals surface area contributed by atoms with Crippen molar-refractivity contribution in [3.63, 3.8) is 0 Å². The third kappa shape index (κ3) is 4.26. The molecule has 3 rings (SSSR count). The van der Waals surface area contributed by atoms with Gasteiger partial charge in [0.15, 0.2) is 0 Å². The zero-order valence-electron chi connectivity index (χ0n) is 18.6. The van der Waals surface area contributed by atoms with Gasteiger partial charge in [-0.05, 0) is 59.8 Å². The molecule has 2 heterocycles. The first-order valence-electron chi connectivity index (χ1n) is 10.3. The molecule has 1 aromatic carbocycles. The highest BCUT2D eigenvalue weighted by Crippen LogP contribution is 2.51. The summed E-state index contributed by atoms with van der Waals surface area (Å²) < 4.78 is 6.30. The van der Waals surface area contributed by atoms with Gasteiger partial charge in [-0.25, -0.2) is 4.79 Å². The van der Waals surface area contributed by atoms with Crippen molar-refractivity contribution in [2.75, 3.05) is 13.1 Å². The molecular formula is C24H31BrN2O3. The molecular weight excluding hydrogens is 444 g/mol. The zero-order valence-corrected chi connectivity index (χ0v) is 20.2. The molecule has 1 fully saturated rings. The van der Waals surface area contributed by atoms with E-state index in [4.69, 9.17) is 4.74 Å². The number of hydrogen-bond donors (Lipinski definition) is 1. The minimum absolute atomic E-state index is 0.357. The first-order chi connectivity index (χ1) is 13.9. The van der Waals surface area contributed by atoms with Crippen LogP contribution >= 0.6 is 15.9 Å². The summed E-state index contributed by atoms with van der Waals surface area (Å²) in [6.07, 6.45) is 3.04. The molecule has 30 heavy (non-hydrogen) atoms. The van der Waals surface area contributed by atoms with Gasteiger partial charge < -0.3 is 14.7 Å². The topological polar surface area (TPSA) is 62.7 Å². The number of rotatable bonds is 4. The van der Waals surface area contributed by atoms with E-state index in [-0.39, 0.29) is 6.09 Å². The van der Waals surface area contributed by atoms with Crippen molar-refractivity contribution in [3.05, 3.63) is 63.9 Å². The summed E-state index contributed by atoms with van der Waals surface area (Å²) in [7, 11) is 0. The Kier molecular flexibility index (Phi) is 6.04. The molecule has 1 saturated heterocycles. The minimum atomic E-state index is -1.31. The fourth-order valence-corrected chi connectivity index (χ4v) is 4.43. The Morgan fingerprint density at radius 2 is 1.77 bits per heavy atom. The molecule has 1 aliphatic heterocycles. The van der Waals surface area contributed by atoms with E-state index in [0.29, 0.717) is 24.6 Å². The fraction of sp³-hybridized carbons (Fsp3) is 0.500. The van der Waals surface area contributed by atoms with E-state index in [0.717, 1.165) is 10.0 Å². The van der Waals surface area contributed by atoms with Gasteiger partial charge in [0, 0.05) is 40.9 Å². The third-order valence-corrected chi connectivity index (χ3v) is 6.16. The van der Waals surface area contributed by atoms with Crippen LogP contribution in [0, 0.1) is 5.41 Å². The van der Waals surface area contributed by atoms with Crippen LogP contribution in [-0.2, 0) is 10.3 Å². The molecule has 5 nitrogen and oxygen atoms in total. The summed E-state index contributed by atoms with van der Waals surface area (Å²) in [5, 5.41) is 12.2. The smallest absolute Gasteiger partial charge is 0.410 e. The molecule has 0 bridgehead atoms. The summed E-state index contributed by atoms with van der Waals surface area (Å²) in [5.74, 6) is 0.404. The number of aromatic nitrogens is 1. The number of carbonyl (C=O) groups is 1. The van der Waals surface area contributed by atoms with Crippen LogP contribution in [-0.4, -0.2) is 39.8 Å². The normalized spacial score (nSPS) is 18.0. The molecule has 1 aliphatic rings. The lowest BCUT2D eigenvalue weighted by Crippen LogP contribution is -2.66. The second kappa shape index (κ2) is 7.97. The molecule has 1 amide bonds. The lowest BCUT2D eigenvalue weighted by molar-refractivity contribution is -0.131. The highest BCUT2D eigenvalue weighted by molar-refractivity contribution is 9.10. The zero-order chi connectivity index (χ0) is 22.3. The van der Waals surface area contributed by atoms with E-state index in [1.54, 1.807) is 17.3 Å². The molecule has 2 aromatic rings. The van der Waals surface area contributed by atoms with Gasteiger partial charge in [0.25, 0.3) is 0 Å². The molecule has 0 aliphatic carbocycles. The number of benzene rings is 1. The minimum Gasteiger partial charge on any atom is -0.444 e. The maximum absolute atomic E-state index is 12.5. The molecule has 1 N–H and O–H groups in total. The Balaban J connectivity index is 1.98. The molecule has 0 saturated carbocycles. The van der Waals surface area contributed by atoms with E-state index in [2.05, 4.69) is 46.9 Å². The summed E-state index contributed by atoms with van der Waals surface area (Å²) in [6.45, 7) is 12.6. The van der Waals surface area contributed by atoms with Gasteiger partial charge in [0.05, 0.1) is 0 Å². The number of ether oxygens (including phenoxy) is 1. The molecule has 6 heteroatoms. The quantitative estimate of drug-likeness (QED) is 0.638. The Hall–Kier alpha value is -1.92. The second-order valence-corrected chi connectivity index (χ2v) is 10.7. The van der Waals surface area contributed by atoms with Crippen molar-refractivity contribution in [2.45, 2.75) is 58.7 Å². The van der Waals surface area contributed by atoms with E-state index < -0.39 is 16.6 Å². The number of carbonyl (C=O) groups excluding carboxylic acids is 1. The lowest BCUT2D eigenvalue weighted by atomic mass is 9.62. The van der Waals surface area contributed by atoms with Crippen molar-refractivity contribution in [1.29, 1.82) is 0 Å². The average molecular weight is 475 g/mol. The first-order valence-corrected chi connectivity index (χ1v) is 11.1. The molecule has 0 spiro atoms. The Bertz CT molecular complexity index is 915. The van der Waals surface area contributed by atoms with E-state index >= 15 is 0 Å². The monoisotopic (exact) mass is 474 g/mol. The molecule has 1 unspecified atom stereocenters. The number of likely N-dealkylation sites (tertiary alicyclic amines) is 1. The van der Waals surface area contributed by atoms with E-state index in [1.807, 2.05) is 45.9 Å². The van der Waals surface area contributed by atoms with Crippen LogP contribution in [0.4, 0.5) is 4.79 Å². The standard InChI is InChI=1S/C24H31BrN2O3/c1-16(2)17-7-9-18(10-8-17)24(29,19-11-20(25)13-26-12-19)23(6)14-27(15-23)21(28)30-22(3,4)5/h7-13,16,29H,14-15H2,1-6H3. The average Bonchev–Trinajstić information content (AvgIpc) is 2.63. The van der Waals surface area contributed by atoms with Gasteiger partial charge in [-0.3, -0.25) is 4.98 Å². The molecule has 162 valence electrons. The maximum atomic E-state index is 12.5. The van der Waals surface area contributed by atoms with Crippen LogP contribution in [0.5, 0.6) is 0 Å². The van der Waals surface area contributed by atoms with Crippen LogP contribution in [0.25, 0.3) is 0 Å². The number of nitrogens with zero attached hydrogens (tertiary/aromatic N) is 2. The number of aliphatic hydroxyl groups is 1. The van der Waals surface area contributed by atoms with Crippen LogP contribution in [0.1, 0.15) is 64.2 Å². The predicted molar refractivity (Wildman–Crippen MR) is 121 cm³/mol. The van der Waals surface area contributed by atoms with Gasteiger partial charge >= 0.3 is 6.09 Å². The van der Waals surface area contributed by atoms with Gasteiger partial charge in [0.1, 0.15) is 11.2 Å². The predicted octanol–water partition coefficient (Wildman–Crippen LogP) is 5.46. The van der Waals surface area contributed by atoms with Gasteiger partial charge in [-0.2, -0.15) is 0 Å². The molecule has 1 atom stereocenters. The number of hydrogen-bond acceptors (Lipinski definition) is 4. The van der Waals surface area contributed by atoms with Crippen molar-refractivity contribution in [3.8, 4) is 0 Å². The molecule has 0 radical (unpaired) electrons. The van der Waals surface area contributed by atoms with Crippen LogP contribution in [0.3, 0.4) is 0 Å². The maximum Gasteiger partial charge on any atom is 0.410 e. The molecule has 1 aromatic heterocycles. The fourth-order valence-electron chi connectivity index (χ4n) is 4.06. The van der Waals surface area contributed by atoms with Crippen molar-refractivity contribution >= 4 is 22.0 Å². The summed E-state index contributed by atoms with van der Waals surface area (Å²) >= 11 is 3.47. The van der Waals surface area contributed by atoms with Crippen LogP contribution in [0.2, 0.25) is 0 Å². The highest BCUT2D eigenvalue weighted by Gasteiger charge is 2.58. The number of amides is 1.